The van der Waals surface area contributed by atoms with E-state index in [2.05, 4.69) is 15.3 Å². The molecule has 0 unspecified atom stereocenters. The van der Waals surface area contributed by atoms with E-state index < -0.39 is 17.3 Å². The second-order valence-electron chi connectivity index (χ2n) is 5.53. The molecule has 0 radical (unpaired) electrons. The minimum atomic E-state index is -0.644. The molecule has 6 nitrogen and oxygen atoms in total. The lowest BCUT2D eigenvalue weighted by molar-refractivity contribution is 0.102. The molecule has 0 bridgehead atoms. The van der Waals surface area contributed by atoms with Gasteiger partial charge in [-0.3, -0.25) is 14.9 Å². The van der Waals surface area contributed by atoms with Gasteiger partial charge in [-0.1, -0.05) is 17.7 Å². The third-order valence-electron chi connectivity index (χ3n) is 3.68. The molecule has 3 rings (SSSR count). The highest BCUT2D eigenvalue weighted by Crippen LogP contribution is 2.19. The Morgan fingerprint density at radius 3 is 2.81 bits per heavy atom. The number of benzene rings is 1. The van der Waals surface area contributed by atoms with Gasteiger partial charge in [0, 0.05) is 28.7 Å². The Kier molecular flexibility index (Phi) is 5.09. The number of amides is 1. The largest absolute Gasteiger partial charge is 0.310 e. The Morgan fingerprint density at radius 2 is 2.08 bits per heavy atom. The molecular weight excluding hydrogens is 359 g/mol. The highest BCUT2D eigenvalue weighted by Gasteiger charge is 2.15. The van der Waals surface area contributed by atoms with Crippen molar-refractivity contribution in [2.24, 2.45) is 0 Å². The van der Waals surface area contributed by atoms with Crippen LogP contribution in [-0.4, -0.2) is 20.4 Å². The molecule has 0 atom stereocenters. The number of nitrogens with one attached hydrogen (secondary N) is 1. The fourth-order valence-electron chi connectivity index (χ4n) is 2.37. The lowest BCUT2D eigenvalue weighted by atomic mass is 10.2. The molecule has 0 aliphatic carbocycles. The van der Waals surface area contributed by atoms with Crippen LogP contribution in [0.4, 0.5) is 10.3 Å². The van der Waals surface area contributed by atoms with Gasteiger partial charge in [0.2, 0.25) is 5.95 Å². The number of anilines is 1. The Bertz CT molecular complexity index is 1020. The van der Waals surface area contributed by atoms with Crippen LogP contribution in [0, 0.1) is 12.7 Å². The van der Waals surface area contributed by atoms with Crippen molar-refractivity contribution in [1.82, 2.24) is 14.5 Å². The predicted molar refractivity (Wildman–Crippen MR) is 95.9 cm³/mol. The molecule has 0 fully saturated rings. The van der Waals surface area contributed by atoms with E-state index in [1.54, 1.807) is 13.0 Å². The summed E-state index contributed by atoms with van der Waals surface area (Å²) in [6.45, 7) is 1.66. The molecule has 0 saturated heterocycles. The minimum absolute atomic E-state index is 0.0909. The standard InChI is InChI=1S/C18H14ClFN4O2/c1-11-7-8-21-18(22-11)23-16(25)12-4-3-9-24(17(12)26)10-13-14(19)5-2-6-15(13)20/h2-9H,10H2,1H3,(H,21,22,23,25). The first-order chi connectivity index (χ1) is 12.5. The van der Waals surface area contributed by atoms with Crippen molar-refractivity contribution in [3.63, 3.8) is 0 Å². The normalized spacial score (nSPS) is 10.6. The Hall–Kier alpha value is -3.06. The molecule has 0 aliphatic heterocycles. The van der Waals surface area contributed by atoms with Gasteiger partial charge in [-0.2, -0.15) is 0 Å². The Balaban J connectivity index is 1.90. The van der Waals surface area contributed by atoms with E-state index in [-0.39, 0.29) is 28.6 Å². The Labute approximate surface area is 153 Å². The van der Waals surface area contributed by atoms with E-state index in [1.165, 1.54) is 47.3 Å². The van der Waals surface area contributed by atoms with Crippen LogP contribution in [0.1, 0.15) is 21.6 Å². The molecule has 0 spiro atoms. The quantitative estimate of drug-likeness (QED) is 0.763. The molecule has 1 amide bonds. The third-order valence-corrected chi connectivity index (χ3v) is 4.03. The van der Waals surface area contributed by atoms with Crippen molar-refractivity contribution in [3.8, 4) is 0 Å². The van der Waals surface area contributed by atoms with E-state index in [0.29, 0.717) is 5.69 Å². The van der Waals surface area contributed by atoms with Gasteiger partial charge in [-0.15, -0.1) is 0 Å². The third kappa shape index (κ3) is 3.78. The number of halogens is 2. The van der Waals surface area contributed by atoms with E-state index in [0.717, 1.165) is 0 Å². The second-order valence-corrected chi connectivity index (χ2v) is 5.94. The summed E-state index contributed by atoms with van der Waals surface area (Å²) in [6.07, 6.45) is 2.96. The number of carbonyl (C=O) groups excluding carboxylic acids is 1. The van der Waals surface area contributed by atoms with Crippen molar-refractivity contribution in [2.45, 2.75) is 13.5 Å². The fourth-order valence-corrected chi connectivity index (χ4v) is 2.59. The van der Waals surface area contributed by atoms with Crippen LogP contribution in [0.25, 0.3) is 0 Å². The fraction of sp³-hybridized carbons (Fsp3) is 0.111. The van der Waals surface area contributed by atoms with Crippen molar-refractivity contribution in [2.75, 3.05) is 5.32 Å². The molecular formula is C18H14ClFN4O2. The number of nitrogens with zero attached hydrogens (tertiary/aromatic N) is 3. The van der Waals surface area contributed by atoms with Gasteiger partial charge in [0.15, 0.2) is 0 Å². The minimum Gasteiger partial charge on any atom is -0.310 e. The average Bonchev–Trinajstić information content (AvgIpc) is 2.59. The summed E-state index contributed by atoms with van der Waals surface area (Å²) in [4.78, 5) is 33.0. The van der Waals surface area contributed by atoms with Crippen LogP contribution in [-0.2, 0) is 6.54 Å². The predicted octanol–water partition coefficient (Wildman–Crippen LogP) is 3.04. The van der Waals surface area contributed by atoms with E-state index >= 15 is 0 Å². The van der Waals surface area contributed by atoms with Gasteiger partial charge in [-0.05, 0) is 37.3 Å². The smallest absolute Gasteiger partial charge is 0.263 e. The van der Waals surface area contributed by atoms with Gasteiger partial charge in [-0.25, -0.2) is 14.4 Å². The summed E-state index contributed by atoms with van der Waals surface area (Å²) in [5.41, 5.74) is 0.174. The number of hydrogen-bond acceptors (Lipinski definition) is 4. The second kappa shape index (κ2) is 7.45. The summed E-state index contributed by atoms with van der Waals surface area (Å²) in [5, 5.41) is 2.69. The monoisotopic (exact) mass is 372 g/mol. The van der Waals surface area contributed by atoms with Crippen molar-refractivity contribution in [1.29, 1.82) is 0 Å². The van der Waals surface area contributed by atoms with Gasteiger partial charge in [0.25, 0.3) is 11.5 Å². The lowest BCUT2D eigenvalue weighted by Gasteiger charge is -2.10. The van der Waals surface area contributed by atoms with Crippen LogP contribution >= 0.6 is 11.6 Å². The lowest BCUT2D eigenvalue weighted by Crippen LogP contribution is -2.29. The molecule has 26 heavy (non-hydrogen) atoms. The number of aryl methyl sites for hydroxylation is 1. The maximum atomic E-state index is 14.0. The average molecular weight is 373 g/mol. The van der Waals surface area contributed by atoms with Crippen LogP contribution in [0.3, 0.4) is 0 Å². The van der Waals surface area contributed by atoms with Crippen LogP contribution < -0.4 is 10.9 Å². The van der Waals surface area contributed by atoms with Gasteiger partial charge in [0.1, 0.15) is 11.4 Å². The van der Waals surface area contributed by atoms with Crippen LogP contribution in [0.15, 0.2) is 53.6 Å². The summed E-state index contributed by atoms with van der Waals surface area (Å²) in [7, 11) is 0. The molecule has 1 N–H and O–H groups in total. The maximum absolute atomic E-state index is 14.0. The van der Waals surface area contributed by atoms with E-state index in [4.69, 9.17) is 11.6 Å². The Morgan fingerprint density at radius 1 is 1.27 bits per heavy atom. The first kappa shape index (κ1) is 17.8. The van der Waals surface area contributed by atoms with Gasteiger partial charge < -0.3 is 4.57 Å². The van der Waals surface area contributed by atoms with E-state index in [1.807, 2.05) is 0 Å². The SMILES string of the molecule is Cc1ccnc(NC(=O)c2cccn(Cc3c(F)cccc3Cl)c2=O)n1. The zero-order valence-corrected chi connectivity index (χ0v) is 14.5. The number of rotatable bonds is 4. The molecule has 3 aromatic rings. The van der Waals surface area contributed by atoms with Gasteiger partial charge >= 0.3 is 0 Å². The first-order valence-corrected chi connectivity index (χ1v) is 8.07. The molecule has 8 heteroatoms. The molecule has 1 aromatic carbocycles. The van der Waals surface area contributed by atoms with Crippen LogP contribution in [0.5, 0.6) is 0 Å². The van der Waals surface area contributed by atoms with Crippen molar-refractivity contribution < 1.29 is 9.18 Å². The number of hydrogen-bond donors (Lipinski definition) is 1. The summed E-state index contributed by atoms with van der Waals surface area (Å²) in [5.74, 6) is -1.07. The highest BCUT2D eigenvalue weighted by molar-refractivity contribution is 6.31. The number of aromatic nitrogens is 3. The number of carbonyl (C=O) groups is 1. The summed E-state index contributed by atoms with van der Waals surface area (Å²) < 4.78 is 15.2. The molecule has 132 valence electrons. The molecule has 0 saturated carbocycles. The van der Waals surface area contributed by atoms with Gasteiger partial charge in [0.05, 0.1) is 6.54 Å². The summed E-state index contributed by atoms with van der Waals surface area (Å²) in [6, 6.07) is 8.88. The summed E-state index contributed by atoms with van der Waals surface area (Å²) >= 11 is 6.01. The first-order valence-electron chi connectivity index (χ1n) is 7.69. The molecule has 0 aliphatic rings. The van der Waals surface area contributed by atoms with Crippen LogP contribution in [0.2, 0.25) is 5.02 Å². The highest BCUT2D eigenvalue weighted by atomic mass is 35.5. The molecule has 2 heterocycles. The number of pyridine rings is 1. The zero-order chi connectivity index (χ0) is 18.7. The zero-order valence-electron chi connectivity index (χ0n) is 13.7. The maximum Gasteiger partial charge on any atom is 0.263 e. The van der Waals surface area contributed by atoms with E-state index in [9.17, 15) is 14.0 Å². The van der Waals surface area contributed by atoms with Crippen molar-refractivity contribution in [3.05, 3.63) is 86.8 Å². The topological polar surface area (TPSA) is 76.9 Å². The van der Waals surface area contributed by atoms with Crippen molar-refractivity contribution >= 4 is 23.5 Å². The molecule has 2 aromatic heterocycles.